The third-order valence-corrected chi connectivity index (χ3v) is 1.70. The fourth-order valence-electron chi connectivity index (χ4n) is 0.539. The number of hydrogen-bond donors (Lipinski definition) is 2. The molecule has 0 fully saturated rings. The Morgan fingerprint density at radius 1 is 1.44 bits per heavy atom. The molecule has 0 saturated carbocycles. The fourth-order valence-corrected chi connectivity index (χ4v) is 0.539. The van der Waals surface area contributed by atoms with Gasteiger partial charge in [-0.25, -0.2) is 0 Å². The van der Waals surface area contributed by atoms with Crippen LogP contribution in [-0.4, -0.2) is 17.3 Å². The number of aliphatic hydroxyl groups is 1. The second-order valence-electron chi connectivity index (χ2n) is 2.14. The third kappa shape index (κ3) is 3.99. The minimum Gasteiger partial charge on any atom is -1.00 e. The van der Waals surface area contributed by atoms with E-state index in [4.69, 9.17) is 5.73 Å². The zero-order valence-corrected chi connectivity index (χ0v) is 6.65. The van der Waals surface area contributed by atoms with Crippen LogP contribution in [0.2, 0.25) is 0 Å². The van der Waals surface area contributed by atoms with Crippen LogP contribution < -0.4 is 24.6 Å². The van der Waals surface area contributed by atoms with E-state index in [-0.39, 0.29) is 20.3 Å². The maximum Gasteiger partial charge on any atom is 1.00 e. The Labute approximate surface area is 70.5 Å². The van der Waals surface area contributed by atoms with Gasteiger partial charge in [-0.3, -0.25) is 0 Å². The van der Waals surface area contributed by atoms with Crippen molar-refractivity contribution in [2.45, 2.75) is 32.3 Å². The molecule has 0 aliphatic heterocycles. The Morgan fingerprint density at radius 3 is 1.78 bits per heavy atom. The summed E-state index contributed by atoms with van der Waals surface area (Å²) in [6.07, 6.45) is 1.50. The van der Waals surface area contributed by atoms with Gasteiger partial charge in [0, 0.05) is 6.54 Å². The van der Waals surface area contributed by atoms with Crippen LogP contribution >= 0.6 is 0 Å². The zero-order chi connectivity index (χ0) is 6.62. The van der Waals surface area contributed by atoms with E-state index in [9.17, 15) is 5.11 Å². The zero-order valence-electron chi connectivity index (χ0n) is 7.65. The van der Waals surface area contributed by atoms with Crippen molar-refractivity contribution in [1.29, 1.82) is 0 Å². The average Bonchev–Trinajstić information content (AvgIpc) is 1.87. The van der Waals surface area contributed by atoms with Gasteiger partial charge in [0.2, 0.25) is 0 Å². The Bertz CT molecular complexity index is 60.5. The van der Waals surface area contributed by atoms with E-state index < -0.39 is 5.60 Å². The molecule has 0 unspecified atom stereocenters. The summed E-state index contributed by atoms with van der Waals surface area (Å²) < 4.78 is 0. The first-order valence-corrected chi connectivity index (χ1v) is 3.11. The van der Waals surface area contributed by atoms with Crippen LogP contribution in [0.3, 0.4) is 0 Å². The van der Waals surface area contributed by atoms with Crippen LogP contribution in [0, 0.1) is 0 Å². The first kappa shape index (κ1) is 12.2. The molecule has 0 bridgehead atoms. The monoisotopic (exact) mass is 125 g/mol. The average molecular weight is 125 g/mol. The van der Waals surface area contributed by atoms with E-state index in [1.165, 1.54) is 0 Å². The van der Waals surface area contributed by atoms with E-state index >= 15 is 0 Å². The van der Waals surface area contributed by atoms with Crippen molar-refractivity contribution in [1.82, 2.24) is 0 Å². The summed E-state index contributed by atoms with van der Waals surface area (Å²) in [6.45, 7) is 4.26. The number of rotatable bonds is 3. The van der Waals surface area contributed by atoms with Crippen LogP contribution in [0.4, 0.5) is 0 Å². The minimum absolute atomic E-state index is 0. The molecule has 0 amide bonds. The number of nitrogens with two attached hydrogens (primary N) is 1. The topological polar surface area (TPSA) is 46.2 Å². The molecule has 0 atom stereocenters. The van der Waals surface area contributed by atoms with Gasteiger partial charge in [0.1, 0.15) is 0 Å². The Kier molecular flexibility index (Phi) is 7.21. The molecule has 0 aromatic carbocycles. The van der Waals surface area contributed by atoms with Gasteiger partial charge in [-0.05, 0) is 12.8 Å². The summed E-state index contributed by atoms with van der Waals surface area (Å²) in [7, 11) is 0. The summed E-state index contributed by atoms with van der Waals surface area (Å²) in [5.41, 5.74) is 4.68. The predicted molar refractivity (Wildman–Crippen MR) is 35.7 cm³/mol. The molecule has 0 heterocycles. The Balaban J connectivity index is -0.000000245. The second kappa shape index (κ2) is 5.31. The maximum atomic E-state index is 9.31. The maximum absolute atomic E-state index is 9.31. The quantitative estimate of drug-likeness (QED) is 0.413. The van der Waals surface area contributed by atoms with Crippen molar-refractivity contribution in [3.8, 4) is 0 Å². The van der Waals surface area contributed by atoms with Crippen molar-refractivity contribution >= 4 is 0 Å². The van der Waals surface area contributed by atoms with Crippen LogP contribution in [0.1, 0.15) is 28.1 Å². The molecular weight excluding hydrogens is 109 g/mol. The van der Waals surface area contributed by atoms with Crippen molar-refractivity contribution in [2.24, 2.45) is 5.73 Å². The molecule has 0 aromatic heterocycles. The van der Waals surface area contributed by atoms with E-state index in [1.54, 1.807) is 0 Å². The molecule has 9 heavy (non-hydrogen) atoms. The van der Waals surface area contributed by atoms with Gasteiger partial charge >= 0.3 is 18.9 Å². The molecule has 3 heteroatoms. The molecular formula is C6H16LiNO. The van der Waals surface area contributed by atoms with E-state index in [0.717, 1.165) is 12.8 Å². The summed E-state index contributed by atoms with van der Waals surface area (Å²) in [6, 6.07) is 0. The second-order valence-corrected chi connectivity index (χ2v) is 2.14. The van der Waals surface area contributed by atoms with Crippen molar-refractivity contribution in [3.05, 3.63) is 0 Å². The molecule has 0 aliphatic rings. The SMILES string of the molecule is CCC(O)(CC)CN.[H-].[Li+]. The molecule has 0 saturated heterocycles. The van der Waals surface area contributed by atoms with E-state index in [0.29, 0.717) is 6.54 Å². The summed E-state index contributed by atoms with van der Waals surface area (Å²) in [5, 5.41) is 9.31. The van der Waals surface area contributed by atoms with E-state index in [1.807, 2.05) is 13.8 Å². The fraction of sp³-hybridized carbons (Fsp3) is 1.00. The van der Waals surface area contributed by atoms with Crippen LogP contribution in [0.25, 0.3) is 0 Å². The first-order valence-electron chi connectivity index (χ1n) is 3.11. The van der Waals surface area contributed by atoms with Crippen LogP contribution in [0.15, 0.2) is 0 Å². The van der Waals surface area contributed by atoms with Gasteiger partial charge in [-0.15, -0.1) is 0 Å². The van der Waals surface area contributed by atoms with E-state index in [2.05, 4.69) is 0 Å². The molecule has 0 rings (SSSR count). The smallest absolute Gasteiger partial charge is 1.00 e. The summed E-state index contributed by atoms with van der Waals surface area (Å²) in [5.74, 6) is 0. The first-order chi connectivity index (χ1) is 3.68. The Morgan fingerprint density at radius 2 is 1.78 bits per heavy atom. The largest absolute Gasteiger partial charge is 1.00 e. The van der Waals surface area contributed by atoms with Crippen LogP contribution in [0.5, 0.6) is 0 Å². The third-order valence-electron chi connectivity index (χ3n) is 1.70. The molecule has 0 radical (unpaired) electrons. The van der Waals surface area contributed by atoms with Crippen molar-refractivity contribution in [2.75, 3.05) is 6.54 Å². The van der Waals surface area contributed by atoms with Crippen molar-refractivity contribution < 1.29 is 25.4 Å². The predicted octanol–water partition coefficient (Wildman–Crippen LogP) is -2.39. The number of hydrogen-bond acceptors (Lipinski definition) is 2. The molecule has 0 spiro atoms. The minimum atomic E-state index is -0.597. The van der Waals surface area contributed by atoms with Crippen LogP contribution in [-0.2, 0) is 0 Å². The van der Waals surface area contributed by atoms with Gasteiger partial charge < -0.3 is 12.3 Å². The molecule has 52 valence electrons. The molecule has 3 N–H and O–H groups in total. The Hall–Kier alpha value is 0.517. The molecule has 0 aliphatic carbocycles. The molecule has 2 nitrogen and oxygen atoms in total. The normalized spacial score (nSPS) is 10.7. The van der Waals surface area contributed by atoms with Gasteiger partial charge in [0.15, 0.2) is 0 Å². The van der Waals surface area contributed by atoms with Gasteiger partial charge in [-0.1, -0.05) is 13.8 Å². The summed E-state index contributed by atoms with van der Waals surface area (Å²) >= 11 is 0. The summed E-state index contributed by atoms with van der Waals surface area (Å²) in [4.78, 5) is 0. The van der Waals surface area contributed by atoms with Crippen molar-refractivity contribution in [3.63, 3.8) is 0 Å². The van der Waals surface area contributed by atoms with Gasteiger partial charge in [0.05, 0.1) is 5.60 Å². The van der Waals surface area contributed by atoms with Gasteiger partial charge in [0.25, 0.3) is 0 Å². The molecule has 0 aromatic rings. The standard InChI is InChI=1S/C6H15NO.Li.H/c1-3-6(8,4-2)5-7;;/h8H,3-5,7H2,1-2H3;;/q;+1;-1. The van der Waals surface area contributed by atoms with Gasteiger partial charge in [-0.2, -0.15) is 0 Å².